The third kappa shape index (κ3) is 4.11. The predicted octanol–water partition coefficient (Wildman–Crippen LogP) is 5.16. The van der Waals surface area contributed by atoms with E-state index in [1.807, 2.05) is 0 Å². The highest BCUT2D eigenvalue weighted by atomic mass is 35.5. The van der Waals surface area contributed by atoms with Crippen LogP contribution in [0.4, 0.5) is 5.69 Å². The zero-order chi connectivity index (χ0) is 24.5. The number of amides is 1. The number of hydrogen-bond acceptors (Lipinski definition) is 6. The number of anilines is 1. The van der Waals surface area contributed by atoms with Crippen LogP contribution in [0.3, 0.4) is 0 Å². The fourth-order valence-electron chi connectivity index (χ4n) is 4.30. The number of carbonyl (C=O) groups excluding carboxylic acids is 3. The number of carbonyl (C=O) groups is 3. The summed E-state index contributed by atoms with van der Waals surface area (Å²) < 4.78 is 10.1. The molecule has 1 aliphatic rings. The van der Waals surface area contributed by atoms with Crippen molar-refractivity contribution in [3.05, 3.63) is 101 Å². The summed E-state index contributed by atoms with van der Waals surface area (Å²) in [7, 11) is 1.53. The Hall–Kier alpha value is -4.23. The fourth-order valence-corrected chi connectivity index (χ4v) is 4.43. The van der Waals surface area contributed by atoms with Crippen molar-refractivity contribution < 1.29 is 23.6 Å². The van der Waals surface area contributed by atoms with Crippen LogP contribution in [-0.4, -0.2) is 29.7 Å². The van der Waals surface area contributed by atoms with Crippen molar-refractivity contribution in [1.82, 2.24) is 5.16 Å². The monoisotopic (exact) mass is 486 g/mol. The molecule has 8 heteroatoms. The molecule has 1 amide bonds. The number of methoxy groups -OCH3 is 1. The molecule has 0 N–H and O–H groups in total. The first-order chi connectivity index (χ1) is 17.0. The van der Waals surface area contributed by atoms with E-state index in [0.29, 0.717) is 33.3 Å². The fraction of sp³-hybridized carbons (Fsp3) is 0.111. The first kappa shape index (κ1) is 22.6. The summed E-state index contributed by atoms with van der Waals surface area (Å²) in [6.07, 6.45) is 1.47. The lowest BCUT2D eigenvalue weighted by Gasteiger charge is -2.27. The average Bonchev–Trinajstić information content (AvgIpc) is 3.52. The Kier molecular flexibility index (Phi) is 5.93. The second-order valence-electron chi connectivity index (χ2n) is 8.04. The van der Waals surface area contributed by atoms with E-state index in [1.165, 1.54) is 18.3 Å². The van der Waals surface area contributed by atoms with E-state index in [9.17, 15) is 14.4 Å². The quantitative estimate of drug-likeness (QED) is 0.212. The molecule has 0 aliphatic carbocycles. The summed E-state index contributed by atoms with van der Waals surface area (Å²) >= 11 is 6.08. The topological polar surface area (TPSA) is 89.7 Å². The third-order valence-electron chi connectivity index (χ3n) is 6.05. The van der Waals surface area contributed by atoms with Crippen molar-refractivity contribution in [2.24, 2.45) is 5.92 Å². The molecule has 5 rings (SSSR count). The molecule has 1 aromatic heterocycles. The van der Waals surface area contributed by atoms with Gasteiger partial charge in [-0.25, -0.2) is 0 Å². The smallest absolute Gasteiger partial charge is 0.295 e. The van der Waals surface area contributed by atoms with Crippen molar-refractivity contribution in [2.75, 3.05) is 12.0 Å². The van der Waals surface area contributed by atoms with Crippen LogP contribution in [0.15, 0.2) is 89.6 Å². The lowest BCUT2D eigenvalue weighted by Crippen LogP contribution is -2.30. The molecule has 0 radical (unpaired) electrons. The molecular formula is C27H19ClN2O5. The minimum atomic E-state index is -1.22. The molecule has 174 valence electrons. The predicted molar refractivity (Wildman–Crippen MR) is 129 cm³/mol. The van der Waals surface area contributed by atoms with Gasteiger partial charge >= 0.3 is 0 Å². The Morgan fingerprint density at radius 1 is 0.943 bits per heavy atom. The Balaban J connectivity index is 1.57. The van der Waals surface area contributed by atoms with Crippen LogP contribution >= 0.6 is 11.6 Å². The van der Waals surface area contributed by atoms with E-state index >= 15 is 0 Å². The second kappa shape index (κ2) is 9.19. The molecule has 4 aromatic rings. The van der Waals surface area contributed by atoms with E-state index in [-0.39, 0.29) is 0 Å². The number of aromatic nitrogens is 1. The highest BCUT2D eigenvalue weighted by Crippen LogP contribution is 2.42. The summed E-state index contributed by atoms with van der Waals surface area (Å²) in [5, 5.41) is 4.42. The molecule has 2 unspecified atom stereocenters. The van der Waals surface area contributed by atoms with Gasteiger partial charge in [-0.3, -0.25) is 19.3 Å². The summed E-state index contributed by atoms with van der Waals surface area (Å²) in [6, 6.07) is 21.2. The van der Waals surface area contributed by atoms with E-state index < -0.39 is 29.4 Å². The van der Waals surface area contributed by atoms with Crippen LogP contribution in [0.25, 0.3) is 11.3 Å². The molecule has 1 aliphatic heterocycles. The van der Waals surface area contributed by atoms with E-state index in [0.717, 1.165) is 5.56 Å². The zero-order valence-electron chi connectivity index (χ0n) is 18.6. The molecule has 3 aromatic carbocycles. The lowest BCUT2D eigenvalue weighted by atomic mass is 9.86. The van der Waals surface area contributed by atoms with Crippen LogP contribution in [0.2, 0.25) is 5.02 Å². The van der Waals surface area contributed by atoms with Crippen LogP contribution in [0, 0.1) is 5.92 Å². The summed E-state index contributed by atoms with van der Waals surface area (Å²) in [6.45, 7) is 0. The zero-order valence-corrected chi connectivity index (χ0v) is 19.3. The molecule has 7 nitrogen and oxygen atoms in total. The molecule has 2 heterocycles. The van der Waals surface area contributed by atoms with Crippen molar-refractivity contribution >= 4 is 34.8 Å². The molecule has 1 saturated heterocycles. The van der Waals surface area contributed by atoms with Crippen molar-refractivity contribution in [2.45, 2.75) is 6.04 Å². The van der Waals surface area contributed by atoms with Crippen LogP contribution in [-0.2, 0) is 9.59 Å². The van der Waals surface area contributed by atoms with Gasteiger partial charge in [0.2, 0.25) is 5.78 Å². The number of ketones is 2. The summed E-state index contributed by atoms with van der Waals surface area (Å²) in [5.74, 6) is -2.57. The minimum absolute atomic E-state index is 0.319. The van der Waals surface area contributed by atoms with E-state index in [1.54, 1.807) is 78.9 Å². The lowest BCUT2D eigenvalue weighted by molar-refractivity contribution is -0.135. The Morgan fingerprint density at radius 3 is 2.23 bits per heavy atom. The number of halogens is 1. The maximum atomic E-state index is 13.6. The number of ether oxygens (including phenoxy) is 1. The molecule has 35 heavy (non-hydrogen) atoms. The number of benzene rings is 3. The largest absolute Gasteiger partial charge is 0.497 e. The first-order valence-electron chi connectivity index (χ1n) is 10.8. The molecule has 0 bridgehead atoms. The third-order valence-corrected chi connectivity index (χ3v) is 6.31. The SMILES string of the molecule is COc1ccc(C(=O)C2C(=O)C(=O)N(c3ccc(-c4ccon4)cc3)C2c2ccc(Cl)cc2)cc1. The Morgan fingerprint density at radius 2 is 1.63 bits per heavy atom. The maximum absolute atomic E-state index is 13.6. The molecule has 0 spiro atoms. The van der Waals surface area contributed by atoms with Gasteiger partial charge in [0, 0.05) is 27.9 Å². The van der Waals surface area contributed by atoms with Gasteiger partial charge in [0.25, 0.3) is 5.91 Å². The highest BCUT2D eigenvalue weighted by Gasteiger charge is 2.52. The number of hydrogen-bond donors (Lipinski definition) is 0. The van der Waals surface area contributed by atoms with Crippen LogP contribution < -0.4 is 9.64 Å². The molecule has 1 fully saturated rings. The minimum Gasteiger partial charge on any atom is -0.497 e. The van der Waals surface area contributed by atoms with Gasteiger partial charge in [0.1, 0.15) is 23.6 Å². The number of rotatable bonds is 6. The van der Waals surface area contributed by atoms with Gasteiger partial charge in [0.15, 0.2) is 5.78 Å². The van der Waals surface area contributed by atoms with Crippen LogP contribution in [0.1, 0.15) is 22.0 Å². The average molecular weight is 487 g/mol. The van der Waals surface area contributed by atoms with Crippen molar-refractivity contribution in [3.8, 4) is 17.0 Å². The summed E-state index contributed by atoms with van der Waals surface area (Å²) in [5.41, 5.74) is 2.86. The van der Waals surface area contributed by atoms with Crippen molar-refractivity contribution in [1.29, 1.82) is 0 Å². The first-order valence-corrected chi connectivity index (χ1v) is 11.2. The van der Waals surface area contributed by atoms with Gasteiger partial charge in [-0.05, 0) is 54.1 Å². The highest BCUT2D eigenvalue weighted by molar-refractivity contribution is 6.49. The summed E-state index contributed by atoms with van der Waals surface area (Å²) in [4.78, 5) is 41.4. The van der Waals surface area contributed by atoms with Gasteiger partial charge in [-0.2, -0.15) is 0 Å². The standard InChI is InChI=1S/C27H19ClN2O5/c1-34-21-12-6-18(7-13-21)25(31)23-24(17-2-8-19(28)9-3-17)30(27(33)26(23)32)20-10-4-16(5-11-20)22-14-15-35-29-22/h2-15,23-24H,1H3. The number of Topliss-reactive ketones (excluding diaryl/α,β-unsaturated/α-hetero) is 2. The number of nitrogens with zero attached hydrogens (tertiary/aromatic N) is 2. The van der Waals surface area contributed by atoms with Crippen LogP contribution in [0.5, 0.6) is 5.75 Å². The molecular weight excluding hydrogens is 468 g/mol. The van der Waals surface area contributed by atoms with Gasteiger partial charge in [-0.1, -0.05) is 41.0 Å². The van der Waals surface area contributed by atoms with Gasteiger partial charge in [0.05, 0.1) is 13.2 Å². The molecule has 0 saturated carbocycles. The second-order valence-corrected chi connectivity index (χ2v) is 8.47. The van der Waals surface area contributed by atoms with E-state index in [2.05, 4.69) is 5.16 Å². The van der Waals surface area contributed by atoms with Gasteiger partial charge in [-0.15, -0.1) is 0 Å². The van der Waals surface area contributed by atoms with Gasteiger partial charge < -0.3 is 9.26 Å². The normalized spacial score (nSPS) is 17.6. The van der Waals surface area contributed by atoms with Crippen molar-refractivity contribution in [3.63, 3.8) is 0 Å². The maximum Gasteiger partial charge on any atom is 0.295 e. The Bertz CT molecular complexity index is 1380. The molecule has 2 atom stereocenters. The Labute approximate surface area is 205 Å². The van der Waals surface area contributed by atoms with E-state index in [4.69, 9.17) is 20.9 Å².